The van der Waals surface area contributed by atoms with Gasteiger partial charge in [0.25, 0.3) is 5.91 Å². The van der Waals surface area contributed by atoms with Gasteiger partial charge in [-0.15, -0.1) is 11.3 Å². The summed E-state index contributed by atoms with van der Waals surface area (Å²) in [5.41, 5.74) is 2.29. The van der Waals surface area contributed by atoms with Gasteiger partial charge in [0.15, 0.2) is 0 Å². The van der Waals surface area contributed by atoms with Gasteiger partial charge >= 0.3 is 0 Å². The predicted molar refractivity (Wildman–Crippen MR) is 87.4 cm³/mol. The number of aromatic nitrogens is 2. The summed E-state index contributed by atoms with van der Waals surface area (Å²) in [7, 11) is 0. The van der Waals surface area contributed by atoms with Crippen molar-refractivity contribution in [3.8, 4) is 10.6 Å². The molecule has 21 heavy (non-hydrogen) atoms. The molecule has 0 radical (unpaired) electrons. The van der Waals surface area contributed by atoms with Crippen LogP contribution < -0.4 is 5.32 Å². The van der Waals surface area contributed by atoms with Crippen LogP contribution in [0.25, 0.3) is 10.6 Å². The third kappa shape index (κ3) is 3.34. The first-order valence-corrected chi connectivity index (χ1v) is 7.82. The molecule has 0 aliphatic rings. The Balaban J connectivity index is 1.73. The highest BCUT2D eigenvalue weighted by Gasteiger charge is 2.07. The molecule has 2 aromatic heterocycles. The van der Waals surface area contributed by atoms with Crippen LogP contribution in [0.5, 0.6) is 0 Å². The Bertz CT molecular complexity index is 740. The Labute approximate surface area is 134 Å². The summed E-state index contributed by atoms with van der Waals surface area (Å²) in [6.45, 7) is 0. The molecule has 6 heteroatoms. The molecule has 0 unspecified atom stereocenters. The molecule has 3 aromatic rings. The molecule has 1 N–H and O–H groups in total. The SMILES string of the molecule is O=C(Nc1ccc(-c2nccs2)cc1)c1ccc(Br)nc1. The Morgan fingerprint density at radius 3 is 2.52 bits per heavy atom. The maximum absolute atomic E-state index is 12.1. The molecule has 0 spiro atoms. The normalized spacial score (nSPS) is 10.3. The van der Waals surface area contributed by atoms with Crippen LogP contribution in [0.15, 0.2) is 58.8 Å². The summed E-state index contributed by atoms with van der Waals surface area (Å²) in [4.78, 5) is 20.4. The molecule has 1 aromatic carbocycles. The van der Waals surface area contributed by atoms with E-state index in [4.69, 9.17) is 0 Å². The monoisotopic (exact) mass is 359 g/mol. The van der Waals surface area contributed by atoms with Crippen LogP contribution in [0, 0.1) is 0 Å². The van der Waals surface area contributed by atoms with E-state index in [1.807, 2.05) is 29.6 Å². The van der Waals surface area contributed by atoms with E-state index < -0.39 is 0 Å². The van der Waals surface area contributed by atoms with Gasteiger partial charge < -0.3 is 5.32 Å². The number of halogens is 1. The molecule has 0 saturated carbocycles. The number of pyridine rings is 1. The lowest BCUT2D eigenvalue weighted by Gasteiger charge is -2.05. The van der Waals surface area contributed by atoms with Crippen molar-refractivity contribution in [3.63, 3.8) is 0 Å². The first kappa shape index (κ1) is 13.9. The molecule has 0 atom stereocenters. The van der Waals surface area contributed by atoms with E-state index in [9.17, 15) is 4.79 Å². The number of carbonyl (C=O) groups is 1. The molecular formula is C15H10BrN3OS. The Morgan fingerprint density at radius 1 is 1.10 bits per heavy atom. The Kier molecular flexibility index (Phi) is 4.08. The molecule has 3 rings (SSSR count). The zero-order valence-electron chi connectivity index (χ0n) is 10.8. The summed E-state index contributed by atoms with van der Waals surface area (Å²) in [6.07, 6.45) is 3.31. The van der Waals surface area contributed by atoms with Crippen molar-refractivity contribution >= 4 is 38.9 Å². The second kappa shape index (κ2) is 6.15. The number of nitrogens with one attached hydrogen (secondary N) is 1. The van der Waals surface area contributed by atoms with Gasteiger partial charge in [-0.25, -0.2) is 9.97 Å². The highest BCUT2D eigenvalue weighted by molar-refractivity contribution is 9.10. The molecule has 2 heterocycles. The molecule has 0 fully saturated rings. The van der Waals surface area contributed by atoms with Gasteiger partial charge in [0.05, 0.1) is 5.56 Å². The smallest absolute Gasteiger partial charge is 0.257 e. The van der Waals surface area contributed by atoms with Gasteiger partial charge in [0, 0.05) is 29.0 Å². The third-order valence-electron chi connectivity index (χ3n) is 2.81. The van der Waals surface area contributed by atoms with Crippen LogP contribution in [-0.2, 0) is 0 Å². The zero-order valence-corrected chi connectivity index (χ0v) is 13.2. The van der Waals surface area contributed by atoms with E-state index in [0.29, 0.717) is 10.2 Å². The number of hydrogen-bond donors (Lipinski definition) is 1. The van der Waals surface area contributed by atoms with Crippen LogP contribution in [0.4, 0.5) is 5.69 Å². The van der Waals surface area contributed by atoms with Crippen LogP contribution in [-0.4, -0.2) is 15.9 Å². The van der Waals surface area contributed by atoms with E-state index in [-0.39, 0.29) is 5.91 Å². The van der Waals surface area contributed by atoms with Gasteiger partial charge in [-0.3, -0.25) is 4.79 Å². The topological polar surface area (TPSA) is 54.9 Å². The van der Waals surface area contributed by atoms with Crippen molar-refractivity contribution < 1.29 is 4.79 Å². The van der Waals surface area contributed by atoms with E-state index in [1.165, 1.54) is 6.20 Å². The van der Waals surface area contributed by atoms with Crippen molar-refractivity contribution in [2.75, 3.05) is 5.32 Å². The third-order valence-corrected chi connectivity index (χ3v) is 4.10. The van der Waals surface area contributed by atoms with E-state index in [1.54, 1.807) is 29.7 Å². The van der Waals surface area contributed by atoms with Gasteiger partial charge in [-0.1, -0.05) is 0 Å². The fourth-order valence-corrected chi connectivity index (χ4v) is 2.65. The highest BCUT2D eigenvalue weighted by atomic mass is 79.9. The molecule has 0 bridgehead atoms. The first-order valence-electron chi connectivity index (χ1n) is 6.15. The number of anilines is 1. The minimum Gasteiger partial charge on any atom is -0.322 e. The van der Waals surface area contributed by atoms with Crippen molar-refractivity contribution in [2.24, 2.45) is 0 Å². The molecule has 0 aliphatic carbocycles. The first-order chi connectivity index (χ1) is 10.2. The minimum absolute atomic E-state index is 0.183. The molecule has 4 nitrogen and oxygen atoms in total. The number of rotatable bonds is 3. The molecular weight excluding hydrogens is 350 g/mol. The van der Waals surface area contributed by atoms with E-state index in [0.717, 1.165) is 16.3 Å². The van der Waals surface area contributed by atoms with Gasteiger partial charge in [-0.2, -0.15) is 0 Å². The summed E-state index contributed by atoms with van der Waals surface area (Å²) >= 11 is 4.82. The molecule has 0 saturated heterocycles. The van der Waals surface area contributed by atoms with Gasteiger partial charge in [0.1, 0.15) is 9.61 Å². The average Bonchev–Trinajstić information content (AvgIpc) is 3.03. The van der Waals surface area contributed by atoms with Crippen molar-refractivity contribution in [3.05, 3.63) is 64.3 Å². The predicted octanol–water partition coefficient (Wildman–Crippen LogP) is 4.22. The zero-order chi connectivity index (χ0) is 14.7. The number of amides is 1. The molecule has 1 amide bonds. The Hall–Kier alpha value is -2.05. The van der Waals surface area contributed by atoms with E-state index in [2.05, 4.69) is 31.2 Å². The fraction of sp³-hybridized carbons (Fsp3) is 0. The standard InChI is InChI=1S/C15H10BrN3OS/c16-13-6-3-11(9-18-13)14(20)19-12-4-1-10(2-5-12)15-17-7-8-21-15/h1-9H,(H,19,20). The van der Waals surface area contributed by atoms with Crippen molar-refractivity contribution in [1.29, 1.82) is 0 Å². The summed E-state index contributed by atoms with van der Waals surface area (Å²) in [5, 5.41) is 5.74. The molecule has 0 aliphatic heterocycles. The van der Waals surface area contributed by atoms with E-state index >= 15 is 0 Å². The summed E-state index contributed by atoms with van der Waals surface area (Å²) in [5.74, 6) is -0.183. The summed E-state index contributed by atoms with van der Waals surface area (Å²) in [6, 6.07) is 11.1. The van der Waals surface area contributed by atoms with Gasteiger partial charge in [-0.05, 0) is 52.3 Å². The quantitative estimate of drug-likeness (QED) is 0.712. The number of benzene rings is 1. The molecule has 104 valence electrons. The maximum Gasteiger partial charge on any atom is 0.257 e. The lowest BCUT2D eigenvalue weighted by molar-refractivity contribution is 0.102. The number of nitrogens with zero attached hydrogens (tertiary/aromatic N) is 2. The van der Waals surface area contributed by atoms with Crippen molar-refractivity contribution in [2.45, 2.75) is 0 Å². The number of hydrogen-bond acceptors (Lipinski definition) is 4. The second-order valence-electron chi connectivity index (χ2n) is 4.24. The number of thiazole rings is 1. The Morgan fingerprint density at radius 2 is 1.90 bits per heavy atom. The van der Waals surface area contributed by atoms with Gasteiger partial charge in [0.2, 0.25) is 0 Å². The maximum atomic E-state index is 12.1. The minimum atomic E-state index is -0.183. The number of carbonyl (C=O) groups excluding carboxylic acids is 1. The van der Waals surface area contributed by atoms with Crippen LogP contribution in [0.2, 0.25) is 0 Å². The second-order valence-corrected chi connectivity index (χ2v) is 5.95. The van der Waals surface area contributed by atoms with Crippen LogP contribution in [0.3, 0.4) is 0 Å². The van der Waals surface area contributed by atoms with Crippen molar-refractivity contribution in [1.82, 2.24) is 9.97 Å². The fourth-order valence-electron chi connectivity index (χ4n) is 1.78. The van der Waals surface area contributed by atoms with Crippen LogP contribution >= 0.6 is 27.3 Å². The average molecular weight is 360 g/mol. The summed E-state index contributed by atoms with van der Waals surface area (Å²) < 4.78 is 0.701. The van der Waals surface area contributed by atoms with Crippen LogP contribution in [0.1, 0.15) is 10.4 Å². The lowest BCUT2D eigenvalue weighted by atomic mass is 10.2. The largest absolute Gasteiger partial charge is 0.322 e. The highest BCUT2D eigenvalue weighted by Crippen LogP contribution is 2.23. The lowest BCUT2D eigenvalue weighted by Crippen LogP contribution is -2.11.